The molecule has 1 rings (SSSR count). The SMILES string of the molecule is Cc1ccc(C(=N)C(C)C)cc1. The van der Waals surface area contributed by atoms with E-state index in [-0.39, 0.29) is 0 Å². The first-order valence-corrected chi connectivity index (χ1v) is 4.26. The van der Waals surface area contributed by atoms with Gasteiger partial charge in [-0.1, -0.05) is 43.7 Å². The van der Waals surface area contributed by atoms with E-state index >= 15 is 0 Å². The second-order valence-corrected chi connectivity index (χ2v) is 3.43. The molecule has 1 aromatic rings. The van der Waals surface area contributed by atoms with Gasteiger partial charge in [0.25, 0.3) is 0 Å². The van der Waals surface area contributed by atoms with E-state index in [2.05, 4.69) is 6.92 Å². The fourth-order valence-corrected chi connectivity index (χ4v) is 1.07. The third-order valence-electron chi connectivity index (χ3n) is 1.94. The summed E-state index contributed by atoms with van der Waals surface area (Å²) in [5.74, 6) is 0.313. The summed E-state index contributed by atoms with van der Waals surface area (Å²) in [6.07, 6.45) is 0. The lowest BCUT2D eigenvalue weighted by atomic mass is 9.99. The van der Waals surface area contributed by atoms with Gasteiger partial charge in [-0.25, -0.2) is 0 Å². The van der Waals surface area contributed by atoms with E-state index in [1.54, 1.807) is 0 Å². The molecule has 0 saturated carbocycles. The smallest absolute Gasteiger partial charge is 0.0411 e. The maximum Gasteiger partial charge on any atom is 0.0411 e. The molecule has 1 aromatic carbocycles. The first kappa shape index (κ1) is 8.98. The van der Waals surface area contributed by atoms with Gasteiger partial charge >= 0.3 is 0 Å². The molecule has 0 fully saturated rings. The van der Waals surface area contributed by atoms with E-state index in [1.165, 1.54) is 5.56 Å². The molecule has 0 unspecified atom stereocenters. The molecule has 0 amide bonds. The van der Waals surface area contributed by atoms with Crippen LogP contribution in [0.1, 0.15) is 25.0 Å². The van der Waals surface area contributed by atoms with Crippen molar-refractivity contribution < 1.29 is 0 Å². The number of rotatable bonds is 2. The standard InChI is InChI=1S/C11H15N/c1-8(2)11(12)10-6-4-9(3)5-7-10/h4-8,12H,1-3H3. The van der Waals surface area contributed by atoms with Gasteiger partial charge in [0.05, 0.1) is 0 Å². The lowest BCUT2D eigenvalue weighted by molar-refractivity contribution is 0.877. The maximum atomic E-state index is 7.75. The molecule has 1 nitrogen and oxygen atoms in total. The Morgan fingerprint density at radius 1 is 1.17 bits per heavy atom. The molecule has 64 valence electrons. The van der Waals surface area contributed by atoms with Crippen LogP contribution in [0.15, 0.2) is 24.3 Å². The average molecular weight is 161 g/mol. The van der Waals surface area contributed by atoms with Gasteiger partial charge in [0.2, 0.25) is 0 Å². The zero-order valence-corrected chi connectivity index (χ0v) is 7.89. The average Bonchev–Trinajstić information content (AvgIpc) is 2.04. The van der Waals surface area contributed by atoms with Crippen molar-refractivity contribution in [3.8, 4) is 0 Å². The van der Waals surface area contributed by atoms with Crippen molar-refractivity contribution in [2.75, 3.05) is 0 Å². The molecule has 1 N–H and O–H groups in total. The van der Waals surface area contributed by atoms with Gasteiger partial charge in [0.15, 0.2) is 0 Å². The van der Waals surface area contributed by atoms with Crippen LogP contribution in [0.4, 0.5) is 0 Å². The molecule has 1 heteroatoms. The number of nitrogens with one attached hydrogen (secondary N) is 1. The Kier molecular flexibility index (Phi) is 2.64. The topological polar surface area (TPSA) is 23.9 Å². The van der Waals surface area contributed by atoms with Crippen LogP contribution < -0.4 is 0 Å². The predicted octanol–water partition coefficient (Wildman–Crippen LogP) is 3.02. The van der Waals surface area contributed by atoms with E-state index in [0.29, 0.717) is 5.92 Å². The van der Waals surface area contributed by atoms with Crippen molar-refractivity contribution in [2.45, 2.75) is 20.8 Å². The van der Waals surface area contributed by atoms with Gasteiger partial charge in [0.1, 0.15) is 0 Å². The second-order valence-electron chi connectivity index (χ2n) is 3.43. The highest BCUT2D eigenvalue weighted by molar-refractivity contribution is 5.99. The lowest BCUT2D eigenvalue weighted by Gasteiger charge is -2.07. The van der Waals surface area contributed by atoms with Gasteiger partial charge in [-0.05, 0) is 18.4 Å². The normalized spacial score (nSPS) is 10.3. The van der Waals surface area contributed by atoms with Gasteiger partial charge in [-0.2, -0.15) is 0 Å². The number of benzene rings is 1. The Labute approximate surface area is 73.9 Å². The molecule has 0 spiro atoms. The Bertz CT molecular complexity index is 270. The summed E-state index contributed by atoms with van der Waals surface area (Å²) < 4.78 is 0. The van der Waals surface area contributed by atoms with Crippen LogP contribution in [0.25, 0.3) is 0 Å². The number of aryl methyl sites for hydroxylation is 1. The lowest BCUT2D eigenvalue weighted by Crippen LogP contribution is -2.06. The van der Waals surface area contributed by atoms with Crippen LogP contribution >= 0.6 is 0 Å². The highest BCUT2D eigenvalue weighted by Gasteiger charge is 2.04. The zero-order valence-electron chi connectivity index (χ0n) is 7.89. The van der Waals surface area contributed by atoms with E-state index < -0.39 is 0 Å². The Balaban J connectivity index is 2.90. The second kappa shape index (κ2) is 3.53. The quantitative estimate of drug-likeness (QED) is 0.645. The molecule has 12 heavy (non-hydrogen) atoms. The van der Waals surface area contributed by atoms with Crippen LogP contribution in [-0.4, -0.2) is 5.71 Å². The fourth-order valence-electron chi connectivity index (χ4n) is 1.07. The van der Waals surface area contributed by atoms with Crippen molar-refractivity contribution in [3.05, 3.63) is 35.4 Å². The molecule has 0 atom stereocenters. The monoisotopic (exact) mass is 161 g/mol. The third kappa shape index (κ3) is 1.94. The van der Waals surface area contributed by atoms with E-state index in [1.807, 2.05) is 38.1 Å². The molecule has 0 aliphatic heterocycles. The molecule has 0 bridgehead atoms. The third-order valence-corrected chi connectivity index (χ3v) is 1.94. The van der Waals surface area contributed by atoms with Gasteiger partial charge in [-0.3, -0.25) is 0 Å². The minimum Gasteiger partial charge on any atom is -0.304 e. The summed E-state index contributed by atoms with van der Waals surface area (Å²) >= 11 is 0. The summed E-state index contributed by atoms with van der Waals surface area (Å²) in [7, 11) is 0. The molecule has 0 aliphatic rings. The number of hydrogen-bond donors (Lipinski definition) is 1. The molecule has 0 aromatic heterocycles. The molecule has 0 heterocycles. The van der Waals surface area contributed by atoms with Gasteiger partial charge < -0.3 is 5.41 Å². The highest BCUT2D eigenvalue weighted by Crippen LogP contribution is 2.08. The van der Waals surface area contributed by atoms with E-state index in [0.717, 1.165) is 11.3 Å². The number of hydrogen-bond acceptors (Lipinski definition) is 1. The molecule has 0 saturated heterocycles. The molecule has 0 radical (unpaired) electrons. The summed E-state index contributed by atoms with van der Waals surface area (Å²) in [6, 6.07) is 8.12. The van der Waals surface area contributed by atoms with Crippen molar-refractivity contribution in [2.24, 2.45) is 5.92 Å². The minimum absolute atomic E-state index is 0.313. The minimum atomic E-state index is 0.313. The van der Waals surface area contributed by atoms with Crippen LogP contribution in [0, 0.1) is 18.3 Å². The molecule has 0 aliphatic carbocycles. The van der Waals surface area contributed by atoms with Gasteiger partial charge in [-0.15, -0.1) is 0 Å². The van der Waals surface area contributed by atoms with E-state index in [4.69, 9.17) is 5.41 Å². The maximum absolute atomic E-state index is 7.75. The van der Waals surface area contributed by atoms with E-state index in [9.17, 15) is 0 Å². The Morgan fingerprint density at radius 3 is 2.08 bits per heavy atom. The van der Waals surface area contributed by atoms with Crippen LogP contribution in [-0.2, 0) is 0 Å². The molecular formula is C11H15N. The van der Waals surface area contributed by atoms with Gasteiger partial charge in [0, 0.05) is 5.71 Å². The van der Waals surface area contributed by atoms with Crippen LogP contribution in [0.5, 0.6) is 0 Å². The van der Waals surface area contributed by atoms with Crippen molar-refractivity contribution >= 4 is 5.71 Å². The van der Waals surface area contributed by atoms with Crippen molar-refractivity contribution in [1.29, 1.82) is 5.41 Å². The fraction of sp³-hybridized carbons (Fsp3) is 0.364. The summed E-state index contributed by atoms with van der Waals surface area (Å²) in [5.41, 5.74) is 3.00. The summed E-state index contributed by atoms with van der Waals surface area (Å²) in [6.45, 7) is 6.15. The van der Waals surface area contributed by atoms with Crippen LogP contribution in [0.3, 0.4) is 0 Å². The Morgan fingerprint density at radius 2 is 1.67 bits per heavy atom. The molecular weight excluding hydrogens is 146 g/mol. The highest BCUT2D eigenvalue weighted by atomic mass is 14.4. The first-order chi connectivity index (χ1) is 5.61. The summed E-state index contributed by atoms with van der Waals surface area (Å²) in [4.78, 5) is 0. The first-order valence-electron chi connectivity index (χ1n) is 4.26. The Hall–Kier alpha value is -1.11. The van der Waals surface area contributed by atoms with Crippen molar-refractivity contribution in [1.82, 2.24) is 0 Å². The largest absolute Gasteiger partial charge is 0.304 e. The van der Waals surface area contributed by atoms with Crippen molar-refractivity contribution in [3.63, 3.8) is 0 Å². The summed E-state index contributed by atoms with van der Waals surface area (Å²) in [5, 5.41) is 7.75. The van der Waals surface area contributed by atoms with Crippen LogP contribution in [0.2, 0.25) is 0 Å². The predicted molar refractivity (Wildman–Crippen MR) is 52.8 cm³/mol. The zero-order chi connectivity index (χ0) is 9.14.